The molecule has 3 rings (SSSR count). The lowest BCUT2D eigenvalue weighted by Crippen LogP contribution is -2.32. The number of hydrogen-bond donors (Lipinski definition) is 0. The van der Waals surface area contributed by atoms with Crippen molar-refractivity contribution in [1.29, 1.82) is 0 Å². The van der Waals surface area contributed by atoms with Crippen molar-refractivity contribution in [2.75, 3.05) is 0 Å². The summed E-state index contributed by atoms with van der Waals surface area (Å²) < 4.78 is 28.6. The Bertz CT molecular complexity index is 688. The number of carbonyl (C=O) groups excluding carboxylic acids is 1. The number of amides is 1. The summed E-state index contributed by atoms with van der Waals surface area (Å²) >= 11 is 0. The van der Waals surface area contributed by atoms with E-state index in [-0.39, 0.29) is 11.7 Å². The lowest BCUT2D eigenvalue weighted by atomic mass is 10.1. The molecule has 0 N–H and O–H groups in total. The first-order valence-corrected chi connectivity index (χ1v) is 8.34. The van der Waals surface area contributed by atoms with Gasteiger partial charge in [0, 0.05) is 31.4 Å². The average Bonchev–Trinajstić information content (AvgIpc) is 3.44. The molecule has 1 amide bonds. The van der Waals surface area contributed by atoms with E-state index in [2.05, 4.69) is 9.72 Å². The molecule has 0 atom stereocenters. The summed E-state index contributed by atoms with van der Waals surface area (Å²) in [6, 6.07) is 10.6. The predicted molar refractivity (Wildman–Crippen MR) is 89.2 cm³/mol. The van der Waals surface area contributed by atoms with E-state index in [1.165, 1.54) is 12.1 Å². The molecule has 2 aromatic rings. The Morgan fingerprint density at radius 1 is 1.12 bits per heavy atom. The monoisotopic (exact) mass is 346 g/mol. The summed E-state index contributed by atoms with van der Waals surface area (Å²) in [5.41, 5.74) is 2.00. The highest BCUT2D eigenvalue weighted by atomic mass is 19.3. The lowest BCUT2D eigenvalue weighted by Gasteiger charge is -2.22. The quantitative estimate of drug-likeness (QED) is 0.730. The fourth-order valence-corrected chi connectivity index (χ4v) is 2.72. The number of nitrogens with zero attached hydrogens (tertiary/aromatic N) is 2. The van der Waals surface area contributed by atoms with Crippen LogP contribution in [0.2, 0.25) is 0 Å². The van der Waals surface area contributed by atoms with Crippen LogP contribution in [0.15, 0.2) is 48.8 Å². The Kier molecular flexibility index (Phi) is 5.58. The maximum absolute atomic E-state index is 12.6. The van der Waals surface area contributed by atoms with Crippen molar-refractivity contribution in [2.24, 2.45) is 0 Å². The minimum absolute atomic E-state index is 0.118. The van der Waals surface area contributed by atoms with Gasteiger partial charge in [-0.2, -0.15) is 8.78 Å². The smallest absolute Gasteiger partial charge is 0.387 e. The van der Waals surface area contributed by atoms with Gasteiger partial charge in [-0.15, -0.1) is 0 Å². The number of aromatic nitrogens is 1. The van der Waals surface area contributed by atoms with Crippen LogP contribution in [-0.2, 0) is 17.8 Å². The summed E-state index contributed by atoms with van der Waals surface area (Å²) in [5, 5.41) is 0. The molecule has 25 heavy (non-hydrogen) atoms. The van der Waals surface area contributed by atoms with Crippen LogP contribution >= 0.6 is 0 Å². The summed E-state index contributed by atoms with van der Waals surface area (Å²) in [7, 11) is 0. The SMILES string of the molecule is O=C(CCc1ccc(OC(F)F)cc1)N(Cc1ccncc1)C1CC1. The molecule has 6 heteroatoms. The fourth-order valence-electron chi connectivity index (χ4n) is 2.72. The van der Waals surface area contributed by atoms with E-state index >= 15 is 0 Å². The van der Waals surface area contributed by atoms with E-state index in [0.29, 0.717) is 25.4 Å². The highest BCUT2D eigenvalue weighted by molar-refractivity contribution is 5.77. The Morgan fingerprint density at radius 2 is 1.80 bits per heavy atom. The van der Waals surface area contributed by atoms with Gasteiger partial charge in [0.15, 0.2) is 0 Å². The molecule has 1 aliphatic rings. The van der Waals surface area contributed by atoms with Crippen molar-refractivity contribution in [2.45, 2.75) is 44.9 Å². The normalized spacial score (nSPS) is 13.7. The van der Waals surface area contributed by atoms with E-state index < -0.39 is 6.61 Å². The third-order valence-electron chi connectivity index (χ3n) is 4.19. The second-order valence-electron chi connectivity index (χ2n) is 6.13. The van der Waals surface area contributed by atoms with E-state index in [4.69, 9.17) is 0 Å². The van der Waals surface area contributed by atoms with Crippen molar-refractivity contribution in [3.63, 3.8) is 0 Å². The van der Waals surface area contributed by atoms with Crippen LogP contribution in [0.3, 0.4) is 0 Å². The largest absolute Gasteiger partial charge is 0.435 e. The van der Waals surface area contributed by atoms with Gasteiger partial charge in [-0.3, -0.25) is 9.78 Å². The molecule has 0 saturated heterocycles. The number of hydrogen-bond acceptors (Lipinski definition) is 3. The number of benzene rings is 1. The van der Waals surface area contributed by atoms with Gasteiger partial charge in [0.2, 0.25) is 5.91 Å². The Labute approximate surface area is 145 Å². The second kappa shape index (κ2) is 8.05. The van der Waals surface area contributed by atoms with E-state index in [1.54, 1.807) is 24.5 Å². The standard InChI is InChI=1S/C19H20F2N2O2/c20-19(21)25-17-6-1-14(2-7-17)3-8-18(24)23(16-4-5-16)13-15-9-11-22-12-10-15/h1-2,6-7,9-12,16,19H,3-5,8,13H2. The van der Waals surface area contributed by atoms with Crippen LogP contribution in [0.25, 0.3) is 0 Å². The zero-order valence-corrected chi connectivity index (χ0v) is 13.8. The summed E-state index contributed by atoms with van der Waals surface area (Å²) in [6.07, 6.45) is 6.54. The Balaban J connectivity index is 1.55. The van der Waals surface area contributed by atoms with Gasteiger partial charge in [-0.25, -0.2) is 0 Å². The van der Waals surface area contributed by atoms with Crippen molar-refractivity contribution in [3.05, 3.63) is 59.9 Å². The molecule has 0 bridgehead atoms. The van der Waals surface area contributed by atoms with Crippen molar-refractivity contribution < 1.29 is 18.3 Å². The van der Waals surface area contributed by atoms with E-state index in [9.17, 15) is 13.6 Å². The molecule has 132 valence electrons. The molecular formula is C19H20F2N2O2. The van der Waals surface area contributed by atoms with Gasteiger partial charge in [0.25, 0.3) is 0 Å². The maximum atomic E-state index is 12.6. The van der Waals surface area contributed by atoms with Crippen molar-refractivity contribution in [3.8, 4) is 5.75 Å². The first kappa shape index (κ1) is 17.3. The first-order chi connectivity index (χ1) is 12.1. The van der Waals surface area contributed by atoms with Gasteiger partial charge in [0.05, 0.1) is 0 Å². The van der Waals surface area contributed by atoms with Crippen molar-refractivity contribution >= 4 is 5.91 Å². The summed E-state index contributed by atoms with van der Waals surface area (Å²) in [4.78, 5) is 18.5. The number of ether oxygens (including phenoxy) is 1. The lowest BCUT2D eigenvalue weighted by molar-refractivity contribution is -0.132. The molecular weight excluding hydrogens is 326 g/mol. The minimum Gasteiger partial charge on any atom is -0.435 e. The molecule has 1 aliphatic carbocycles. The molecule has 0 aliphatic heterocycles. The molecule has 1 fully saturated rings. The highest BCUT2D eigenvalue weighted by Crippen LogP contribution is 2.29. The number of rotatable bonds is 8. The molecule has 1 aromatic heterocycles. The van der Waals surface area contributed by atoms with Crippen LogP contribution in [0.4, 0.5) is 8.78 Å². The molecule has 0 spiro atoms. The van der Waals surface area contributed by atoms with Crippen LogP contribution in [-0.4, -0.2) is 28.4 Å². The van der Waals surface area contributed by atoms with Crippen LogP contribution in [0.5, 0.6) is 5.75 Å². The zero-order chi connectivity index (χ0) is 17.6. The first-order valence-electron chi connectivity index (χ1n) is 8.34. The van der Waals surface area contributed by atoms with Gasteiger partial charge < -0.3 is 9.64 Å². The van der Waals surface area contributed by atoms with Gasteiger partial charge >= 0.3 is 6.61 Å². The average molecular weight is 346 g/mol. The second-order valence-corrected chi connectivity index (χ2v) is 6.13. The van der Waals surface area contributed by atoms with Crippen LogP contribution < -0.4 is 4.74 Å². The zero-order valence-electron chi connectivity index (χ0n) is 13.8. The number of halogens is 2. The maximum Gasteiger partial charge on any atom is 0.387 e. The molecule has 0 unspecified atom stereocenters. The van der Waals surface area contributed by atoms with Crippen LogP contribution in [0.1, 0.15) is 30.4 Å². The minimum atomic E-state index is -2.83. The number of aryl methyl sites for hydroxylation is 1. The topological polar surface area (TPSA) is 42.4 Å². The molecule has 4 nitrogen and oxygen atoms in total. The van der Waals surface area contributed by atoms with Crippen LogP contribution in [0, 0.1) is 0 Å². The van der Waals surface area contributed by atoms with E-state index in [0.717, 1.165) is 24.0 Å². The number of pyridine rings is 1. The van der Waals surface area contributed by atoms with Gasteiger partial charge in [-0.1, -0.05) is 12.1 Å². The third kappa shape index (κ3) is 5.24. The Hall–Kier alpha value is -2.50. The number of carbonyl (C=O) groups is 1. The predicted octanol–water partition coefficient (Wildman–Crippen LogP) is 3.81. The van der Waals surface area contributed by atoms with Gasteiger partial charge in [0.1, 0.15) is 5.75 Å². The van der Waals surface area contributed by atoms with Gasteiger partial charge in [-0.05, 0) is 54.7 Å². The third-order valence-corrected chi connectivity index (χ3v) is 4.19. The molecule has 1 heterocycles. The highest BCUT2D eigenvalue weighted by Gasteiger charge is 2.32. The fraction of sp³-hybridized carbons (Fsp3) is 0.368. The summed E-state index contributed by atoms with van der Waals surface area (Å²) in [5.74, 6) is 0.245. The summed E-state index contributed by atoms with van der Waals surface area (Å²) in [6.45, 7) is -2.22. The van der Waals surface area contributed by atoms with E-state index in [1.807, 2.05) is 17.0 Å². The molecule has 0 radical (unpaired) electrons. The number of alkyl halides is 2. The Morgan fingerprint density at radius 3 is 2.40 bits per heavy atom. The van der Waals surface area contributed by atoms with Crippen molar-refractivity contribution in [1.82, 2.24) is 9.88 Å². The molecule has 1 saturated carbocycles. The molecule has 1 aromatic carbocycles.